The van der Waals surface area contributed by atoms with Crippen molar-refractivity contribution in [3.63, 3.8) is 0 Å². The maximum absolute atomic E-state index is 12.3. The Bertz CT molecular complexity index is 1610. The van der Waals surface area contributed by atoms with Crippen molar-refractivity contribution >= 4 is 36.6 Å². The number of fused-ring (bicyclic) bond motifs is 1. The van der Waals surface area contributed by atoms with Crippen molar-refractivity contribution in [2.24, 2.45) is 5.11 Å². The summed E-state index contributed by atoms with van der Waals surface area (Å²) < 4.78 is 76.4. The Hall–Kier alpha value is -3.66. The molecule has 340 valence electrons. The van der Waals surface area contributed by atoms with Gasteiger partial charge in [0, 0.05) is 24.2 Å². The smallest absolute Gasteiger partial charge is 0.397 e. The number of hydrogen-bond acceptors (Lipinski definition) is 21. The fourth-order valence-corrected chi connectivity index (χ4v) is 5.62. The minimum atomic E-state index is -5.00. The summed E-state index contributed by atoms with van der Waals surface area (Å²) in [5, 5.41) is 26.8. The van der Waals surface area contributed by atoms with E-state index in [1.54, 1.807) is 0 Å². The van der Waals surface area contributed by atoms with Gasteiger partial charge in [0.15, 0.2) is 11.9 Å². The maximum atomic E-state index is 12.3. The highest BCUT2D eigenvalue weighted by molar-refractivity contribution is 7.48. The van der Waals surface area contributed by atoms with Crippen molar-refractivity contribution in [3.8, 4) is 0 Å². The van der Waals surface area contributed by atoms with Gasteiger partial charge in [-0.2, -0.15) is 0 Å². The zero-order valence-electron chi connectivity index (χ0n) is 33.1. The van der Waals surface area contributed by atoms with Gasteiger partial charge < -0.3 is 73.2 Å². The topological polar surface area (TPSA) is 340 Å². The molecular weight excluding hydrogens is 827 g/mol. The van der Waals surface area contributed by atoms with Crippen molar-refractivity contribution in [2.75, 3.05) is 144 Å². The number of anilines is 1. The summed E-state index contributed by atoms with van der Waals surface area (Å²) >= 11 is 0. The predicted molar refractivity (Wildman–Crippen MR) is 204 cm³/mol. The van der Waals surface area contributed by atoms with Crippen molar-refractivity contribution in [1.82, 2.24) is 19.9 Å². The van der Waals surface area contributed by atoms with E-state index in [0.717, 1.165) is 0 Å². The average Bonchev–Trinajstić information content (AvgIpc) is 3.78. The Balaban J connectivity index is 1.05. The SMILES string of the molecule is [N-]=[N+]=NCCOCCOCCOCCOCCOCCOCCOCCOCCNC(=O)COCC(=O)OP(=O)(O)OC[C@H]1O[C@@H](n2cnc3c(N)ccnc32)[C@@H](O)C1O. The molecule has 2 unspecified atom stereocenters. The van der Waals surface area contributed by atoms with Gasteiger partial charge in [-0.1, -0.05) is 5.11 Å². The number of phosphoric ester groups is 1. The van der Waals surface area contributed by atoms with E-state index in [9.17, 15) is 29.3 Å². The molecule has 0 aromatic carbocycles. The Labute approximate surface area is 344 Å². The number of hydrogen-bond donors (Lipinski definition) is 5. The van der Waals surface area contributed by atoms with Crippen LogP contribution in [0.4, 0.5) is 5.69 Å². The summed E-state index contributed by atoms with van der Waals surface area (Å²) in [6.45, 7) is 4.52. The quantitative estimate of drug-likeness (QED) is 0.0178. The Morgan fingerprint density at radius 1 is 0.817 bits per heavy atom. The lowest BCUT2D eigenvalue weighted by Gasteiger charge is -2.17. The number of nitrogens with one attached hydrogen (secondary N) is 1. The molecule has 0 spiro atoms. The van der Waals surface area contributed by atoms with E-state index < -0.39 is 64.1 Å². The lowest BCUT2D eigenvalue weighted by atomic mass is 10.1. The van der Waals surface area contributed by atoms with Gasteiger partial charge in [-0.05, 0) is 11.6 Å². The number of nitrogen functional groups attached to an aromatic ring is 1. The van der Waals surface area contributed by atoms with E-state index in [0.29, 0.717) is 110 Å². The highest BCUT2D eigenvalue weighted by Crippen LogP contribution is 2.44. The Morgan fingerprint density at radius 3 is 1.90 bits per heavy atom. The molecule has 3 rings (SSSR count). The van der Waals surface area contributed by atoms with E-state index in [2.05, 4.69) is 29.8 Å². The minimum absolute atomic E-state index is 0.150. The molecule has 5 atom stereocenters. The number of aromatic nitrogens is 3. The zero-order chi connectivity index (χ0) is 43.3. The number of aliphatic hydroxyl groups is 2. The summed E-state index contributed by atoms with van der Waals surface area (Å²) in [5.41, 5.74) is 15.0. The molecule has 0 aliphatic carbocycles. The van der Waals surface area contributed by atoms with Gasteiger partial charge in [0.25, 0.3) is 0 Å². The molecule has 0 saturated carbocycles. The number of pyridine rings is 1. The second kappa shape index (κ2) is 30.4. The first-order valence-corrected chi connectivity index (χ1v) is 20.4. The molecule has 0 radical (unpaired) electrons. The molecule has 1 aliphatic rings. The first-order valence-electron chi connectivity index (χ1n) is 18.9. The van der Waals surface area contributed by atoms with Gasteiger partial charge in [0.1, 0.15) is 37.0 Å². The van der Waals surface area contributed by atoms with Crippen LogP contribution in [0.5, 0.6) is 0 Å². The zero-order valence-corrected chi connectivity index (χ0v) is 34.0. The normalized spacial score (nSPS) is 18.6. The van der Waals surface area contributed by atoms with Gasteiger partial charge in [-0.15, -0.1) is 0 Å². The van der Waals surface area contributed by atoms with Crippen LogP contribution in [-0.2, 0) is 70.6 Å². The first kappa shape index (κ1) is 50.7. The summed E-state index contributed by atoms with van der Waals surface area (Å²) in [7, 11) is -5.00. The summed E-state index contributed by atoms with van der Waals surface area (Å²) in [6.07, 6.45) is -2.79. The van der Waals surface area contributed by atoms with Gasteiger partial charge in [0.2, 0.25) is 5.91 Å². The lowest BCUT2D eigenvalue weighted by molar-refractivity contribution is -0.143. The second-order valence-electron chi connectivity index (χ2n) is 12.2. The first-order chi connectivity index (χ1) is 29.1. The van der Waals surface area contributed by atoms with Crippen LogP contribution in [0.3, 0.4) is 0 Å². The number of imidazole rings is 1. The van der Waals surface area contributed by atoms with Crippen molar-refractivity contribution < 1.29 is 85.7 Å². The van der Waals surface area contributed by atoms with Crippen LogP contribution in [0.1, 0.15) is 6.23 Å². The molecule has 26 nitrogen and oxygen atoms in total. The number of nitrogens with zero attached hydrogens (tertiary/aromatic N) is 6. The van der Waals surface area contributed by atoms with E-state index in [4.69, 9.17) is 63.2 Å². The number of carbonyl (C=O) groups excluding carboxylic acids is 2. The molecule has 1 fully saturated rings. The summed E-state index contributed by atoms with van der Waals surface area (Å²) in [6, 6.07) is 1.54. The van der Waals surface area contributed by atoms with Crippen LogP contribution in [0.25, 0.3) is 21.6 Å². The maximum Gasteiger partial charge on any atom is 0.529 e. The summed E-state index contributed by atoms with van der Waals surface area (Å²) in [5.74, 6) is -1.87. The number of nitrogens with two attached hydrogens (primary N) is 1. The number of amides is 1. The van der Waals surface area contributed by atoms with Crippen LogP contribution in [0.2, 0.25) is 0 Å². The van der Waals surface area contributed by atoms with Crippen molar-refractivity contribution in [2.45, 2.75) is 24.5 Å². The minimum Gasteiger partial charge on any atom is -0.397 e. The molecule has 1 aliphatic heterocycles. The van der Waals surface area contributed by atoms with Crippen LogP contribution < -0.4 is 11.1 Å². The third kappa shape index (κ3) is 20.7. The third-order valence-electron chi connectivity index (χ3n) is 7.75. The molecule has 1 amide bonds. The monoisotopic (exact) mass is 882 g/mol. The summed E-state index contributed by atoms with van der Waals surface area (Å²) in [4.78, 5) is 44.8. The van der Waals surface area contributed by atoms with Gasteiger partial charge >= 0.3 is 13.8 Å². The molecular formula is C33H55N8O18P. The fraction of sp³-hybridized carbons (Fsp3) is 0.758. The van der Waals surface area contributed by atoms with E-state index in [1.807, 2.05) is 0 Å². The van der Waals surface area contributed by atoms with E-state index in [-0.39, 0.29) is 25.4 Å². The number of carbonyl (C=O) groups is 2. The van der Waals surface area contributed by atoms with Gasteiger partial charge in [-0.25, -0.2) is 19.3 Å². The Morgan fingerprint density at radius 2 is 1.35 bits per heavy atom. The van der Waals surface area contributed by atoms with Gasteiger partial charge in [0.05, 0.1) is 124 Å². The molecule has 3 heterocycles. The lowest BCUT2D eigenvalue weighted by Crippen LogP contribution is -2.33. The molecule has 27 heteroatoms. The molecule has 1 saturated heterocycles. The third-order valence-corrected chi connectivity index (χ3v) is 8.66. The highest BCUT2D eigenvalue weighted by atomic mass is 31.2. The predicted octanol–water partition coefficient (Wildman–Crippen LogP) is -1.13. The van der Waals surface area contributed by atoms with Gasteiger partial charge in [-0.3, -0.25) is 18.8 Å². The number of ether oxygens (including phenoxy) is 10. The second-order valence-corrected chi connectivity index (χ2v) is 13.6. The fourth-order valence-electron chi connectivity index (χ4n) is 4.92. The van der Waals surface area contributed by atoms with E-state index >= 15 is 0 Å². The molecule has 6 N–H and O–H groups in total. The van der Waals surface area contributed by atoms with Crippen LogP contribution >= 0.6 is 7.82 Å². The van der Waals surface area contributed by atoms with E-state index in [1.165, 1.54) is 23.2 Å². The van der Waals surface area contributed by atoms with Crippen LogP contribution in [-0.4, -0.2) is 198 Å². The number of rotatable bonds is 36. The number of phosphoric acid groups is 1. The highest BCUT2D eigenvalue weighted by Gasteiger charge is 2.45. The van der Waals surface area contributed by atoms with Crippen molar-refractivity contribution in [1.29, 1.82) is 0 Å². The van der Waals surface area contributed by atoms with Crippen LogP contribution in [0.15, 0.2) is 23.7 Å². The largest absolute Gasteiger partial charge is 0.529 e. The van der Waals surface area contributed by atoms with Crippen LogP contribution in [0, 0.1) is 0 Å². The molecule has 0 bridgehead atoms. The average molecular weight is 883 g/mol. The molecule has 60 heavy (non-hydrogen) atoms. The Kier molecular flexibility index (Phi) is 25.7. The number of aliphatic hydroxyl groups excluding tert-OH is 2. The molecule has 2 aromatic heterocycles. The number of azide groups is 1. The van der Waals surface area contributed by atoms with Crippen molar-refractivity contribution in [3.05, 3.63) is 29.0 Å². The standard InChI is InChI=1S/C33H55N8O18P/c34-25-1-2-37-32-29(25)38-24-41(32)33-31(45)30(44)26(58-33)21-57-60(46,47)59-28(43)23-56-22-27(42)36-3-5-48-7-9-50-11-13-52-15-17-54-19-20-55-18-16-53-14-12-51-10-8-49-6-4-39-40-35/h1-2,24,26,30-31,33,44-45H,3-23H2,(H2,34,37)(H,36,42)(H,46,47)/t26-,30?,31+,33-/m1/s1. The molecule has 2 aromatic rings.